The first kappa shape index (κ1) is 20.9. The van der Waals surface area contributed by atoms with Crippen LogP contribution in [0.2, 0.25) is 0 Å². The van der Waals surface area contributed by atoms with Crippen molar-refractivity contribution < 1.29 is 18.3 Å². The molecule has 1 unspecified atom stereocenters. The first-order valence-electron chi connectivity index (χ1n) is 7.38. The lowest BCUT2D eigenvalue weighted by molar-refractivity contribution is -0.123. The maximum atomic E-state index is 12.5. The molecule has 2 N–H and O–H groups in total. The van der Waals surface area contributed by atoms with E-state index in [4.69, 9.17) is 0 Å². The van der Waals surface area contributed by atoms with Crippen LogP contribution in [0.25, 0.3) is 0 Å². The number of amides is 1. The maximum Gasteiger partial charge on any atom is 0.387 e. The van der Waals surface area contributed by atoms with Crippen LogP contribution in [-0.4, -0.2) is 29.3 Å². The number of alkyl halides is 2. The van der Waals surface area contributed by atoms with E-state index in [1.807, 2.05) is 6.92 Å². The summed E-state index contributed by atoms with van der Waals surface area (Å²) >= 11 is 0. The van der Waals surface area contributed by atoms with Crippen LogP contribution in [0, 0.1) is 6.92 Å². The molecule has 2 rings (SSSR count). The van der Waals surface area contributed by atoms with Gasteiger partial charge in [-0.25, -0.2) is 0 Å². The van der Waals surface area contributed by atoms with Gasteiger partial charge in [0.15, 0.2) is 0 Å². The van der Waals surface area contributed by atoms with Crippen molar-refractivity contribution in [2.45, 2.75) is 26.1 Å². The Balaban J connectivity index is 0.00000312. The van der Waals surface area contributed by atoms with E-state index in [2.05, 4.69) is 20.5 Å². The zero-order valence-electron chi connectivity index (χ0n) is 14.1. The molecule has 0 fully saturated rings. The second-order valence-corrected chi connectivity index (χ2v) is 5.38. The fourth-order valence-electron chi connectivity index (χ4n) is 2.38. The molecule has 9 heteroatoms. The average molecular weight is 375 g/mol. The van der Waals surface area contributed by atoms with E-state index < -0.39 is 12.7 Å². The van der Waals surface area contributed by atoms with Crippen molar-refractivity contribution in [2.24, 2.45) is 7.05 Å². The van der Waals surface area contributed by atoms with Crippen molar-refractivity contribution in [1.29, 1.82) is 0 Å². The summed E-state index contributed by atoms with van der Waals surface area (Å²) in [6, 6.07) is 4.27. The molecule has 0 aliphatic carbocycles. The molecule has 1 heterocycles. The summed E-state index contributed by atoms with van der Waals surface area (Å²) in [5.74, 6) is -0.228. The van der Waals surface area contributed by atoms with Crippen LogP contribution in [0.15, 0.2) is 30.6 Å². The number of aryl methyl sites for hydroxylation is 2. The van der Waals surface area contributed by atoms with Gasteiger partial charge in [-0.2, -0.15) is 13.9 Å². The van der Waals surface area contributed by atoms with Crippen LogP contribution >= 0.6 is 12.4 Å². The normalized spacial score (nSPS) is 11.8. The number of aromatic nitrogens is 2. The van der Waals surface area contributed by atoms with E-state index in [1.165, 1.54) is 6.07 Å². The highest BCUT2D eigenvalue weighted by molar-refractivity contribution is 5.85. The first-order valence-corrected chi connectivity index (χ1v) is 7.38. The summed E-state index contributed by atoms with van der Waals surface area (Å²) in [6.07, 6.45) is 3.33. The van der Waals surface area contributed by atoms with E-state index in [0.717, 1.165) is 5.56 Å². The number of halogens is 3. The van der Waals surface area contributed by atoms with Gasteiger partial charge in [0.1, 0.15) is 11.8 Å². The van der Waals surface area contributed by atoms with Crippen molar-refractivity contribution in [1.82, 2.24) is 20.4 Å². The van der Waals surface area contributed by atoms with E-state index >= 15 is 0 Å². The average Bonchev–Trinajstić information content (AvgIpc) is 2.94. The second kappa shape index (κ2) is 9.33. The number of carbonyl (C=O) groups is 1. The number of nitrogens with one attached hydrogen (secondary N) is 2. The fourth-order valence-corrected chi connectivity index (χ4v) is 2.38. The summed E-state index contributed by atoms with van der Waals surface area (Å²) in [5, 5.41) is 9.68. The van der Waals surface area contributed by atoms with Gasteiger partial charge >= 0.3 is 6.61 Å². The van der Waals surface area contributed by atoms with Crippen molar-refractivity contribution >= 4 is 18.3 Å². The standard InChI is InChI=1S/C16H20F2N4O2.ClH/c1-10-4-5-13(24-16(17)18)11(6-10)7-20-15(23)14(19-2)12-8-21-22(3)9-12;/h4-6,8-9,14,16,19H,7H2,1-3H3,(H,20,23);1H. The summed E-state index contributed by atoms with van der Waals surface area (Å²) in [7, 11) is 3.42. The number of likely N-dealkylation sites (N-methyl/N-ethyl adjacent to an activating group) is 1. The van der Waals surface area contributed by atoms with Crippen LogP contribution in [0.1, 0.15) is 22.7 Å². The van der Waals surface area contributed by atoms with Crippen molar-refractivity contribution in [2.75, 3.05) is 7.05 Å². The Morgan fingerprint density at radius 3 is 2.68 bits per heavy atom. The third kappa shape index (κ3) is 5.68. The molecule has 25 heavy (non-hydrogen) atoms. The molecule has 2 aromatic rings. The van der Waals surface area contributed by atoms with Gasteiger partial charge in [-0.1, -0.05) is 17.7 Å². The van der Waals surface area contributed by atoms with E-state index in [0.29, 0.717) is 11.1 Å². The molecule has 0 saturated heterocycles. The monoisotopic (exact) mass is 374 g/mol. The molecule has 6 nitrogen and oxygen atoms in total. The number of nitrogens with zero attached hydrogens (tertiary/aromatic N) is 2. The number of hydrogen-bond donors (Lipinski definition) is 2. The Bertz CT molecular complexity index is 709. The van der Waals surface area contributed by atoms with Gasteiger partial charge in [0, 0.05) is 30.9 Å². The van der Waals surface area contributed by atoms with E-state index in [1.54, 1.807) is 43.3 Å². The molecular weight excluding hydrogens is 354 g/mol. The molecule has 0 radical (unpaired) electrons. The Morgan fingerprint density at radius 2 is 2.12 bits per heavy atom. The summed E-state index contributed by atoms with van der Waals surface area (Å²) in [5.41, 5.74) is 2.09. The van der Waals surface area contributed by atoms with Crippen molar-refractivity contribution in [3.05, 3.63) is 47.3 Å². The zero-order chi connectivity index (χ0) is 17.7. The Morgan fingerprint density at radius 1 is 1.40 bits per heavy atom. The third-order valence-electron chi connectivity index (χ3n) is 3.49. The number of hydrogen-bond acceptors (Lipinski definition) is 4. The quantitative estimate of drug-likeness (QED) is 0.780. The third-order valence-corrected chi connectivity index (χ3v) is 3.49. The molecule has 0 saturated carbocycles. The lowest BCUT2D eigenvalue weighted by Crippen LogP contribution is -2.35. The van der Waals surface area contributed by atoms with Crippen LogP contribution in [0.4, 0.5) is 8.78 Å². The number of carbonyl (C=O) groups excluding carboxylic acids is 1. The summed E-state index contributed by atoms with van der Waals surface area (Å²) in [6.45, 7) is -0.993. The number of benzene rings is 1. The molecule has 0 bridgehead atoms. The lowest BCUT2D eigenvalue weighted by Gasteiger charge is -2.16. The fraction of sp³-hybridized carbons (Fsp3) is 0.375. The highest BCUT2D eigenvalue weighted by Gasteiger charge is 2.20. The topological polar surface area (TPSA) is 68.2 Å². The Kier molecular flexibility index (Phi) is 7.79. The van der Waals surface area contributed by atoms with Crippen molar-refractivity contribution in [3.8, 4) is 5.75 Å². The van der Waals surface area contributed by atoms with Crippen molar-refractivity contribution in [3.63, 3.8) is 0 Å². The van der Waals surface area contributed by atoms with Gasteiger partial charge in [-0.05, 0) is 20.0 Å². The van der Waals surface area contributed by atoms with Crippen LogP contribution in [0.3, 0.4) is 0 Å². The largest absolute Gasteiger partial charge is 0.434 e. The zero-order valence-corrected chi connectivity index (χ0v) is 14.9. The molecular formula is C16H21ClF2N4O2. The smallest absolute Gasteiger partial charge is 0.387 e. The minimum Gasteiger partial charge on any atom is -0.434 e. The molecule has 138 valence electrons. The van der Waals surface area contributed by atoms with Crippen LogP contribution in [-0.2, 0) is 18.4 Å². The molecule has 1 atom stereocenters. The SMILES string of the molecule is CNC(C(=O)NCc1cc(C)ccc1OC(F)F)c1cnn(C)c1.Cl. The molecule has 1 amide bonds. The van der Waals surface area contributed by atoms with Gasteiger partial charge in [0.2, 0.25) is 5.91 Å². The van der Waals surface area contributed by atoms with Gasteiger partial charge in [0.05, 0.1) is 6.20 Å². The summed E-state index contributed by atoms with van der Waals surface area (Å²) < 4.78 is 31.0. The van der Waals surface area contributed by atoms with E-state index in [9.17, 15) is 13.6 Å². The predicted octanol–water partition coefficient (Wildman–Crippen LogP) is 2.33. The molecule has 0 aliphatic heterocycles. The highest BCUT2D eigenvalue weighted by Crippen LogP contribution is 2.22. The number of rotatable bonds is 7. The Labute approximate surface area is 151 Å². The molecule has 1 aromatic carbocycles. The number of ether oxygens (including phenoxy) is 1. The predicted molar refractivity (Wildman–Crippen MR) is 91.9 cm³/mol. The Hall–Kier alpha value is -2.19. The van der Waals surface area contributed by atoms with Gasteiger partial charge in [-0.3, -0.25) is 9.48 Å². The summed E-state index contributed by atoms with van der Waals surface area (Å²) in [4.78, 5) is 12.4. The molecule has 0 aliphatic rings. The maximum absolute atomic E-state index is 12.5. The van der Waals surface area contributed by atoms with Gasteiger partial charge < -0.3 is 15.4 Å². The van der Waals surface area contributed by atoms with E-state index in [-0.39, 0.29) is 30.6 Å². The lowest BCUT2D eigenvalue weighted by atomic mass is 10.1. The van der Waals surface area contributed by atoms with Gasteiger partial charge in [0.25, 0.3) is 0 Å². The van der Waals surface area contributed by atoms with Crippen LogP contribution in [0.5, 0.6) is 5.75 Å². The first-order chi connectivity index (χ1) is 11.4. The van der Waals surface area contributed by atoms with Gasteiger partial charge in [-0.15, -0.1) is 12.4 Å². The highest BCUT2D eigenvalue weighted by atomic mass is 35.5. The molecule has 0 spiro atoms. The molecule has 1 aromatic heterocycles. The minimum atomic E-state index is -2.91. The minimum absolute atomic E-state index is 0. The second-order valence-electron chi connectivity index (χ2n) is 5.38. The van der Waals surface area contributed by atoms with Crippen LogP contribution < -0.4 is 15.4 Å².